The minimum absolute atomic E-state index is 0.116. The Morgan fingerprint density at radius 1 is 1.09 bits per heavy atom. The Hall–Kier alpha value is -4.26. The molecule has 11 heteroatoms. The van der Waals surface area contributed by atoms with Gasteiger partial charge in [-0.2, -0.15) is 0 Å². The van der Waals surface area contributed by atoms with Gasteiger partial charge in [0.2, 0.25) is 0 Å². The fraction of sp³-hybridized carbons (Fsp3) is 0.250. The molecule has 0 bridgehead atoms. The van der Waals surface area contributed by atoms with Crippen LogP contribution in [0.25, 0.3) is 11.3 Å². The first kappa shape index (κ1) is 30.2. The number of nitrogens with one attached hydrogen (secondary N) is 2. The van der Waals surface area contributed by atoms with Gasteiger partial charge in [-0.05, 0) is 71.0 Å². The van der Waals surface area contributed by atoms with Crippen LogP contribution in [0.4, 0.5) is 9.18 Å². The molecule has 3 aromatic carbocycles. The molecule has 1 unspecified atom stereocenters. The van der Waals surface area contributed by atoms with Crippen molar-refractivity contribution in [3.05, 3.63) is 105 Å². The van der Waals surface area contributed by atoms with Gasteiger partial charge in [-0.1, -0.05) is 49.4 Å². The van der Waals surface area contributed by atoms with Gasteiger partial charge in [0.1, 0.15) is 29.5 Å². The summed E-state index contributed by atoms with van der Waals surface area (Å²) in [4.78, 5) is 50.0. The van der Waals surface area contributed by atoms with E-state index in [0.717, 1.165) is 9.13 Å². The highest BCUT2D eigenvalue weighted by atomic mass is 127. The molecule has 5 rings (SSSR count). The van der Waals surface area contributed by atoms with Gasteiger partial charge in [0.25, 0.3) is 11.8 Å². The maximum absolute atomic E-state index is 15.0. The van der Waals surface area contributed by atoms with Crippen molar-refractivity contribution in [1.29, 1.82) is 0 Å². The summed E-state index contributed by atoms with van der Waals surface area (Å²) in [5, 5.41) is 2.81. The third kappa shape index (κ3) is 6.26. The summed E-state index contributed by atoms with van der Waals surface area (Å²) in [6.07, 6.45) is 0. The van der Waals surface area contributed by atoms with Crippen LogP contribution in [0.2, 0.25) is 0 Å². The first-order valence-corrected chi connectivity index (χ1v) is 14.8. The van der Waals surface area contributed by atoms with Crippen LogP contribution in [-0.4, -0.2) is 58.3 Å². The van der Waals surface area contributed by atoms with E-state index in [9.17, 15) is 18.8 Å². The molecule has 9 nitrogen and oxygen atoms in total. The Morgan fingerprint density at radius 3 is 2.44 bits per heavy atom. The number of likely N-dealkylation sites (N-methyl/N-ethyl adjacent to an activating group) is 1. The summed E-state index contributed by atoms with van der Waals surface area (Å²) in [5.74, 6) is -0.540. The van der Waals surface area contributed by atoms with Crippen LogP contribution in [0, 0.1) is 16.3 Å². The monoisotopic (exact) mass is 695 g/mol. The molecule has 222 valence electrons. The smallest absolute Gasteiger partial charge is 0.325 e. The van der Waals surface area contributed by atoms with Crippen LogP contribution in [0.1, 0.15) is 47.6 Å². The molecule has 1 aromatic heterocycles. The van der Waals surface area contributed by atoms with E-state index in [1.807, 2.05) is 59.8 Å². The van der Waals surface area contributed by atoms with Gasteiger partial charge >= 0.3 is 6.03 Å². The molecule has 2 N–H and O–H groups in total. The number of ether oxygens (including phenoxy) is 1. The number of halogens is 2. The van der Waals surface area contributed by atoms with E-state index in [1.54, 1.807) is 57.4 Å². The molecule has 0 radical (unpaired) electrons. The molecule has 0 saturated carbocycles. The summed E-state index contributed by atoms with van der Waals surface area (Å²) >= 11 is 2.05. The predicted molar refractivity (Wildman–Crippen MR) is 168 cm³/mol. The second-order valence-corrected chi connectivity index (χ2v) is 11.8. The molecule has 1 saturated heterocycles. The summed E-state index contributed by atoms with van der Waals surface area (Å²) in [7, 11) is 3.29. The first-order chi connectivity index (χ1) is 20.5. The normalized spacial score (nSPS) is 16.1. The standard InChI is InChI=1S/C32H31FIN5O4/c1-18(20-8-6-5-7-9-20)29(30-35-19(2)27(36-30)24-15-12-22(34)16-25(24)33)39-31(41)28(37-32(39)42)21-10-13-23(14-11-21)43-17-26(40)38(3)4/h5-16,18,28-29H,17H2,1-4H3,(H,35,36)(H,37,42)/t18-,28?,29-/m0/s1. The average Bonchev–Trinajstić information content (AvgIpc) is 3.51. The molecular formula is C32H31FIN5O4. The van der Waals surface area contributed by atoms with Crippen LogP contribution in [0.15, 0.2) is 72.8 Å². The van der Waals surface area contributed by atoms with Crippen molar-refractivity contribution >= 4 is 40.4 Å². The van der Waals surface area contributed by atoms with Gasteiger partial charge in [-0.3, -0.25) is 14.5 Å². The zero-order valence-electron chi connectivity index (χ0n) is 24.1. The minimum atomic E-state index is -0.931. The van der Waals surface area contributed by atoms with Crippen LogP contribution >= 0.6 is 22.6 Å². The highest BCUT2D eigenvalue weighted by Gasteiger charge is 2.46. The molecule has 4 amide bonds. The van der Waals surface area contributed by atoms with Gasteiger partial charge in [0, 0.05) is 34.8 Å². The highest BCUT2D eigenvalue weighted by molar-refractivity contribution is 14.1. The van der Waals surface area contributed by atoms with E-state index in [1.165, 1.54) is 15.9 Å². The summed E-state index contributed by atoms with van der Waals surface area (Å²) in [5.41, 5.74) is 2.83. The van der Waals surface area contributed by atoms with Crippen LogP contribution in [-0.2, 0) is 9.59 Å². The zero-order valence-corrected chi connectivity index (χ0v) is 26.3. The minimum Gasteiger partial charge on any atom is -0.484 e. The lowest BCUT2D eigenvalue weighted by Crippen LogP contribution is -2.38. The van der Waals surface area contributed by atoms with Crippen molar-refractivity contribution < 1.29 is 23.5 Å². The van der Waals surface area contributed by atoms with E-state index in [4.69, 9.17) is 9.72 Å². The van der Waals surface area contributed by atoms with Crippen molar-refractivity contribution in [2.45, 2.75) is 31.8 Å². The molecule has 2 heterocycles. The van der Waals surface area contributed by atoms with Crippen LogP contribution in [0.5, 0.6) is 5.75 Å². The number of amides is 4. The highest BCUT2D eigenvalue weighted by Crippen LogP contribution is 2.40. The Kier molecular flexibility index (Phi) is 8.81. The number of benzene rings is 3. The maximum atomic E-state index is 15.0. The Balaban J connectivity index is 1.48. The number of imide groups is 1. The van der Waals surface area contributed by atoms with Crippen LogP contribution < -0.4 is 10.1 Å². The van der Waals surface area contributed by atoms with E-state index < -0.39 is 29.8 Å². The van der Waals surface area contributed by atoms with Crippen molar-refractivity contribution in [2.24, 2.45) is 0 Å². The van der Waals surface area contributed by atoms with E-state index in [0.29, 0.717) is 34.1 Å². The number of aryl methyl sites for hydroxylation is 1. The molecule has 0 aliphatic carbocycles. The van der Waals surface area contributed by atoms with E-state index in [2.05, 4.69) is 10.3 Å². The lowest BCUT2D eigenvalue weighted by molar-refractivity contribution is -0.131. The largest absolute Gasteiger partial charge is 0.484 e. The predicted octanol–water partition coefficient (Wildman–Crippen LogP) is 5.73. The number of aromatic nitrogens is 2. The summed E-state index contributed by atoms with van der Waals surface area (Å²) in [6, 6.07) is 18.9. The number of carbonyl (C=O) groups is 3. The van der Waals surface area contributed by atoms with Crippen molar-refractivity contribution in [1.82, 2.24) is 25.1 Å². The zero-order chi connectivity index (χ0) is 30.8. The number of imidazole rings is 1. The van der Waals surface area contributed by atoms with Gasteiger partial charge in [0.15, 0.2) is 6.61 Å². The molecule has 1 fully saturated rings. The van der Waals surface area contributed by atoms with Gasteiger partial charge in [0.05, 0.1) is 5.69 Å². The second kappa shape index (κ2) is 12.5. The van der Waals surface area contributed by atoms with Crippen molar-refractivity contribution in [3.8, 4) is 17.0 Å². The number of H-pyrrole nitrogens is 1. The number of hydrogen-bond acceptors (Lipinski definition) is 5. The Morgan fingerprint density at radius 2 is 1.79 bits per heavy atom. The SMILES string of the molecule is Cc1[nH]c([C@H]([C@@H](C)c2ccccc2)N2C(=O)NC(c3ccc(OCC(=O)N(C)C)cc3)C2=O)nc1-c1ccc(I)cc1F. The van der Waals surface area contributed by atoms with E-state index >= 15 is 0 Å². The average molecular weight is 696 g/mol. The molecule has 1 aliphatic heterocycles. The quantitative estimate of drug-likeness (QED) is 0.172. The Labute approximate surface area is 262 Å². The number of carbonyl (C=O) groups excluding carboxylic acids is 3. The van der Waals surface area contributed by atoms with Crippen molar-refractivity contribution in [3.63, 3.8) is 0 Å². The molecular weight excluding hydrogens is 664 g/mol. The Bertz CT molecular complexity index is 1660. The molecule has 3 atom stereocenters. The third-order valence-electron chi connectivity index (χ3n) is 7.49. The molecule has 43 heavy (non-hydrogen) atoms. The van der Waals surface area contributed by atoms with E-state index in [-0.39, 0.29) is 18.4 Å². The summed E-state index contributed by atoms with van der Waals surface area (Å²) < 4.78 is 21.3. The number of nitrogens with zero attached hydrogens (tertiary/aromatic N) is 3. The molecule has 0 spiro atoms. The number of aromatic amines is 1. The number of rotatable bonds is 9. The van der Waals surface area contributed by atoms with Crippen LogP contribution in [0.3, 0.4) is 0 Å². The number of hydrogen-bond donors (Lipinski definition) is 2. The lowest BCUT2D eigenvalue weighted by atomic mass is 9.91. The third-order valence-corrected chi connectivity index (χ3v) is 8.16. The topological polar surface area (TPSA) is 108 Å². The summed E-state index contributed by atoms with van der Waals surface area (Å²) in [6.45, 7) is 3.60. The molecule has 1 aliphatic rings. The van der Waals surface area contributed by atoms with Crippen molar-refractivity contribution in [2.75, 3.05) is 20.7 Å². The van der Waals surface area contributed by atoms with Gasteiger partial charge in [-0.25, -0.2) is 14.2 Å². The number of urea groups is 1. The second-order valence-electron chi connectivity index (χ2n) is 10.6. The maximum Gasteiger partial charge on any atom is 0.325 e. The van der Waals surface area contributed by atoms with Gasteiger partial charge in [-0.15, -0.1) is 0 Å². The fourth-order valence-electron chi connectivity index (χ4n) is 5.10. The van der Waals surface area contributed by atoms with Gasteiger partial charge < -0.3 is 19.9 Å². The first-order valence-electron chi connectivity index (χ1n) is 13.7. The fourth-order valence-corrected chi connectivity index (χ4v) is 5.56. The lowest BCUT2D eigenvalue weighted by Gasteiger charge is -2.29. The molecule has 4 aromatic rings.